The van der Waals surface area contributed by atoms with Gasteiger partial charge in [0.15, 0.2) is 22.4 Å². The number of carbonyl (C=O) groups is 1. The van der Waals surface area contributed by atoms with Gasteiger partial charge in [0.25, 0.3) is 5.91 Å². The van der Waals surface area contributed by atoms with Crippen LogP contribution in [0, 0.1) is 0 Å². The lowest BCUT2D eigenvalue weighted by Gasteiger charge is -2.14. The smallest absolute Gasteiger partial charge is 0.273 e. The molecule has 144 valence electrons. The average Bonchev–Trinajstić information content (AvgIpc) is 3.44. The number of ether oxygens (including phenoxy) is 1. The second-order valence-electron chi connectivity index (χ2n) is 6.16. The third-order valence-electron chi connectivity index (χ3n) is 4.23. The first-order chi connectivity index (χ1) is 13.6. The first-order valence-corrected chi connectivity index (χ1v) is 8.96. The van der Waals surface area contributed by atoms with E-state index >= 15 is 0 Å². The van der Waals surface area contributed by atoms with Crippen molar-refractivity contribution in [3.8, 4) is 17.0 Å². The molecule has 3 aromatic rings. The van der Waals surface area contributed by atoms with E-state index in [1.165, 1.54) is 20.2 Å². The summed E-state index contributed by atoms with van der Waals surface area (Å²) in [6.45, 7) is 0. The Morgan fingerprint density at radius 1 is 1.36 bits per heavy atom. The number of rotatable bonds is 6. The molecule has 0 atom stereocenters. The summed E-state index contributed by atoms with van der Waals surface area (Å²) >= 11 is 5.95. The van der Waals surface area contributed by atoms with Crippen LogP contribution < -0.4 is 15.4 Å². The van der Waals surface area contributed by atoms with E-state index in [1.807, 2.05) is 0 Å². The van der Waals surface area contributed by atoms with E-state index in [0.717, 1.165) is 18.4 Å². The van der Waals surface area contributed by atoms with Crippen molar-refractivity contribution in [2.45, 2.75) is 18.9 Å². The molecule has 4 rings (SSSR count). The average molecular weight is 401 g/mol. The summed E-state index contributed by atoms with van der Waals surface area (Å²) in [5, 5.41) is 22.2. The fourth-order valence-electron chi connectivity index (χ4n) is 2.70. The number of methoxy groups -OCH3 is 1. The first kappa shape index (κ1) is 18.1. The molecule has 0 saturated heterocycles. The molecule has 0 spiro atoms. The highest BCUT2D eigenvalue weighted by molar-refractivity contribution is 6.29. The normalized spacial score (nSPS) is 13.2. The van der Waals surface area contributed by atoms with Crippen LogP contribution in [0.1, 0.15) is 29.4 Å². The van der Waals surface area contributed by atoms with Crippen LogP contribution in [0.3, 0.4) is 0 Å². The van der Waals surface area contributed by atoms with Crippen LogP contribution in [-0.2, 0) is 0 Å². The Hall–Kier alpha value is -3.27. The summed E-state index contributed by atoms with van der Waals surface area (Å²) in [5.41, 5.74) is 1.83. The van der Waals surface area contributed by atoms with E-state index in [2.05, 4.69) is 36.0 Å². The highest BCUT2D eigenvalue weighted by Gasteiger charge is 2.26. The van der Waals surface area contributed by atoms with Gasteiger partial charge in [0.2, 0.25) is 0 Å². The minimum absolute atomic E-state index is 0.0841. The molecule has 0 unspecified atom stereocenters. The minimum Gasteiger partial charge on any atom is -0.492 e. The summed E-state index contributed by atoms with van der Waals surface area (Å²) in [7, 11) is 3.04. The fourth-order valence-corrected chi connectivity index (χ4v) is 2.85. The predicted octanol–water partition coefficient (Wildman–Crippen LogP) is 2.23. The van der Waals surface area contributed by atoms with Gasteiger partial charge in [0, 0.05) is 19.3 Å². The topological polar surface area (TPSA) is 120 Å². The Bertz CT molecular complexity index is 1030. The largest absolute Gasteiger partial charge is 0.492 e. The van der Waals surface area contributed by atoms with Crippen molar-refractivity contribution >= 4 is 29.0 Å². The molecular weight excluding hydrogens is 384 g/mol. The van der Waals surface area contributed by atoms with E-state index in [0.29, 0.717) is 29.0 Å². The van der Waals surface area contributed by atoms with Gasteiger partial charge in [-0.2, -0.15) is 15.0 Å². The van der Waals surface area contributed by atoms with E-state index in [9.17, 15) is 4.79 Å². The molecule has 1 amide bonds. The van der Waals surface area contributed by atoms with Gasteiger partial charge in [-0.3, -0.25) is 4.79 Å². The highest BCUT2D eigenvalue weighted by atomic mass is 35.5. The standard InChI is InChI=1S/C17H17ClN8O2/c1-19-17(27)14-11(7-13(18)23-24-14)22-16-15(28-2)10(5-6-20-16)12-8-21-26(25-12)9-3-4-9/h5-9H,3-4H2,1-2H3,(H,19,27)(H,20,22,23). The molecule has 2 N–H and O–H groups in total. The highest BCUT2D eigenvalue weighted by Crippen LogP contribution is 2.38. The molecule has 3 aromatic heterocycles. The first-order valence-electron chi connectivity index (χ1n) is 8.58. The Kier molecular flexibility index (Phi) is 4.78. The zero-order chi connectivity index (χ0) is 19.7. The number of aromatic nitrogens is 6. The van der Waals surface area contributed by atoms with E-state index < -0.39 is 5.91 Å². The number of hydrogen-bond donors (Lipinski definition) is 2. The van der Waals surface area contributed by atoms with E-state index in [-0.39, 0.29) is 10.8 Å². The lowest BCUT2D eigenvalue weighted by molar-refractivity contribution is 0.0958. The molecule has 1 fully saturated rings. The van der Waals surface area contributed by atoms with Gasteiger partial charge in [-0.1, -0.05) is 11.6 Å². The number of anilines is 2. The maximum atomic E-state index is 12.1. The van der Waals surface area contributed by atoms with Crippen LogP contribution >= 0.6 is 11.6 Å². The summed E-state index contributed by atoms with van der Waals surface area (Å²) in [6.07, 6.45) is 5.49. The molecule has 10 nitrogen and oxygen atoms in total. The van der Waals surface area contributed by atoms with Gasteiger partial charge in [0.1, 0.15) is 5.69 Å². The van der Waals surface area contributed by atoms with Crippen molar-refractivity contribution in [3.63, 3.8) is 0 Å². The van der Waals surface area contributed by atoms with Gasteiger partial charge in [-0.25, -0.2) is 4.98 Å². The van der Waals surface area contributed by atoms with Crippen LogP contribution in [0.2, 0.25) is 5.15 Å². The number of halogens is 1. The minimum atomic E-state index is -0.408. The monoisotopic (exact) mass is 400 g/mol. The number of hydrogen-bond acceptors (Lipinski definition) is 8. The van der Waals surface area contributed by atoms with Crippen molar-refractivity contribution in [1.82, 2.24) is 35.5 Å². The predicted molar refractivity (Wildman–Crippen MR) is 102 cm³/mol. The Labute approximate surface area is 165 Å². The zero-order valence-corrected chi connectivity index (χ0v) is 15.9. The zero-order valence-electron chi connectivity index (χ0n) is 15.2. The Morgan fingerprint density at radius 3 is 2.89 bits per heavy atom. The quantitative estimate of drug-likeness (QED) is 0.646. The van der Waals surface area contributed by atoms with Crippen LogP contribution in [0.25, 0.3) is 11.3 Å². The summed E-state index contributed by atoms with van der Waals surface area (Å²) in [5.74, 6) is 0.436. The van der Waals surface area contributed by atoms with Gasteiger partial charge < -0.3 is 15.4 Å². The summed E-state index contributed by atoms with van der Waals surface area (Å²) in [6, 6.07) is 3.67. The molecule has 1 aliphatic rings. The molecular formula is C17H17ClN8O2. The van der Waals surface area contributed by atoms with Crippen molar-refractivity contribution in [2.24, 2.45) is 0 Å². The maximum Gasteiger partial charge on any atom is 0.273 e. The molecule has 0 radical (unpaired) electrons. The van der Waals surface area contributed by atoms with E-state index in [1.54, 1.807) is 23.3 Å². The number of pyridine rings is 1. The van der Waals surface area contributed by atoms with Crippen LogP contribution in [-0.4, -0.2) is 50.2 Å². The summed E-state index contributed by atoms with van der Waals surface area (Å²) in [4.78, 5) is 18.1. The maximum absolute atomic E-state index is 12.1. The third-order valence-corrected chi connectivity index (χ3v) is 4.41. The number of nitrogens with one attached hydrogen (secondary N) is 2. The molecule has 1 saturated carbocycles. The Balaban J connectivity index is 1.73. The van der Waals surface area contributed by atoms with Crippen molar-refractivity contribution in [1.29, 1.82) is 0 Å². The van der Waals surface area contributed by atoms with Crippen molar-refractivity contribution in [3.05, 3.63) is 35.4 Å². The van der Waals surface area contributed by atoms with Crippen LogP contribution in [0.15, 0.2) is 24.5 Å². The number of amides is 1. The van der Waals surface area contributed by atoms with Crippen LogP contribution in [0.5, 0.6) is 5.75 Å². The molecule has 28 heavy (non-hydrogen) atoms. The molecule has 0 aromatic carbocycles. The fraction of sp³-hybridized carbons (Fsp3) is 0.294. The van der Waals surface area contributed by atoms with Crippen molar-refractivity contribution in [2.75, 3.05) is 19.5 Å². The van der Waals surface area contributed by atoms with Crippen LogP contribution in [0.4, 0.5) is 11.5 Å². The summed E-state index contributed by atoms with van der Waals surface area (Å²) < 4.78 is 5.57. The lowest BCUT2D eigenvalue weighted by Crippen LogP contribution is -2.21. The van der Waals surface area contributed by atoms with Gasteiger partial charge in [0.05, 0.1) is 30.6 Å². The van der Waals surface area contributed by atoms with Crippen molar-refractivity contribution < 1.29 is 9.53 Å². The third kappa shape index (κ3) is 3.46. The molecule has 11 heteroatoms. The number of nitrogens with zero attached hydrogens (tertiary/aromatic N) is 6. The molecule has 0 aliphatic heterocycles. The van der Waals surface area contributed by atoms with Gasteiger partial charge in [-0.15, -0.1) is 10.2 Å². The van der Waals surface area contributed by atoms with E-state index in [4.69, 9.17) is 16.3 Å². The van der Waals surface area contributed by atoms with Gasteiger partial charge in [-0.05, 0) is 18.9 Å². The second-order valence-corrected chi connectivity index (χ2v) is 6.54. The lowest BCUT2D eigenvalue weighted by atomic mass is 10.2. The number of carbonyl (C=O) groups excluding carboxylic acids is 1. The second kappa shape index (κ2) is 7.39. The molecule has 0 bridgehead atoms. The van der Waals surface area contributed by atoms with Gasteiger partial charge >= 0.3 is 0 Å². The molecule has 3 heterocycles. The molecule has 1 aliphatic carbocycles. The SMILES string of the molecule is CNC(=O)c1nnc(Cl)cc1Nc1nccc(-c2cnn(C3CC3)n2)c1OC. The Morgan fingerprint density at radius 2 is 2.18 bits per heavy atom.